The van der Waals surface area contributed by atoms with E-state index >= 15 is 0 Å². The van der Waals surface area contributed by atoms with E-state index in [1.54, 1.807) is 16.2 Å². The summed E-state index contributed by atoms with van der Waals surface area (Å²) in [5.41, 5.74) is 1.07. The highest BCUT2D eigenvalue weighted by Gasteiger charge is 2.27. The standard InChI is InChI=1S/C16H17NO3S/c18-15(17-7-5-11(6-8-17)16(19)20)9-12-10-21-14-4-2-1-3-13(12)14/h1-4,10-11H,5-9H2,(H,19,20). The molecule has 1 aliphatic heterocycles. The molecule has 0 saturated carbocycles. The van der Waals surface area contributed by atoms with Crippen molar-refractivity contribution < 1.29 is 14.7 Å². The number of hydrogen-bond donors (Lipinski definition) is 1. The number of carbonyl (C=O) groups excluding carboxylic acids is 1. The van der Waals surface area contributed by atoms with Crippen molar-refractivity contribution in [2.45, 2.75) is 19.3 Å². The third-order valence-corrected chi connectivity index (χ3v) is 5.11. The van der Waals surface area contributed by atoms with Gasteiger partial charge in [0.1, 0.15) is 0 Å². The maximum atomic E-state index is 12.4. The largest absolute Gasteiger partial charge is 0.481 e. The molecule has 0 unspecified atom stereocenters. The fraction of sp³-hybridized carbons (Fsp3) is 0.375. The summed E-state index contributed by atoms with van der Waals surface area (Å²) in [4.78, 5) is 25.1. The zero-order valence-electron chi connectivity index (χ0n) is 11.6. The average Bonchev–Trinajstić information content (AvgIpc) is 2.91. The fourth-order valence-corrected chi connectivity index (χ4v) is 3.78. The number of carboxylic acid groups (broad SMARTS) is 1. The van der Waals surface area contributed by atoms with Crippen LogP contribution >= 0.6 is 11.3 Å². The highest BCUT2D eigenvalue weighted by molar-refractivity contribution is 7.17. The maximum absolute atomic E-state index is 12.4. The van der Waals surface area contributed by atoms with Gasteiger partial charge >= 0.3 is 5.97 Å². The number of rotatable bonds is 3. The van der Waals surface area contributed by atoms with Gasteiger partial charge in [0, 0.05) is 17.8 Å². The normalized spacial score (nSPS) is 16.3. The molecule has 1 aromatic heterocycles. The molecule has 5 heteroatoms. The first-order valence-corrected chi connectivity index (χ1v) is 7.99. The second-order valence-electron chi connectivity index (χ2n) is 5.43. The number of fused-ring (bicyclic) bond motifs is 1. The monoisotopic (exact) mass is 303 g/mol. The van der Waals surface area contributed by atoms with E-state index in [0.717, 1.165) is 10.9 Å². The first-order valence-electron chi connectivity index (χ1n) is 7.11. The molecule has 3 rings (SSSR count). The Balaban J connectivity index is 1.66. The molecule has 1 saturated heterocycles. The summed E-state index contributed by atoms with van der Waals surface area (Å²) >= 11 is 1.66. The number of amides is 1. The summed E-state index contributed by atoms with van der Waals surface area (Å²) in [6.07, 6.45) is 1.53. The molecule has 0 spiro atoms. The molecule has 21 heavy (non-hydrogen) atoms. The van der Waals surface area contributed by atoms with Crippen LogP contribution in [-0.2, 0) is 16.0 Å². The van der Waals surface area contributed by atoms with Crippen molar-refractivity contribution in [3.8, 4) is 0 Å². The zero-order valence-corrected chi connectivity index (χ0v) is 12.4. The molecule has 2 aromatic rings. The highest BCUT2D eigenvalue weighted by Crippen LogP contribution is 2.27. The number of nitrogens with zero attached hydrogens (tertiary/aromatic N) is 1. The number of likely N-dealkylation sites (tertiary alicyclic amines) is 1. The van der Waals surface area contributed by atoms with E-state index in [-0.39, 0.29) is 11.8 Å². The van der Waals surface area contributed by atoms with Crippen LogP contribution in [0.3, 0.4) is 0 Å². The quantitative estimate of drug-likeness (QED) is 0.948. The molecular formula is C16H17NO3S. The fourth-order valence-electron chi connectivity index (χ4n) is 2.82. The minimum Gasteiger partial charge on any atom is -0.481 e. The Kier molecular flexibility index (Phi) is 3.92. The van der Waals surface area contributed by atoms with Crippen LogP contribution in [0.5, 0.6) is 0 Å². The van der Waals surface area contributed by atoms with E-state index in [1.165, 1.54) is 4.70 Å². The molecule has 1 aromatic carbocycles. The Bertz CT molecular complexity index is 671. The summed E-state index contributed by atoms with van der Waals surface area (Å²) in [5.74, 6) is -0.940. The SMILES string of the molecule is O=C(O)C1CCN(C(=O)Cc2csc3ccccc23)CC1. The molecule has 0 bridgehead atoms. The Hall–Kier alpha value is -1.88. The highest BCUT2D eigenvalue weighted by atomic mass is 32.1. The number of aliphatic carboxylic acids is 1. The van der Waals surface area contributed by atoms with Gasteiger partial charge in [-0.05, 0) is 35.2 Å². The lowest BCUT2D eigenvalue weighted by molar-refractivity contribution is -0.145. The number of hydrogen-bond acceptors (Lipinski definition) is 3. The number of piperidine rings is 1. The van der Waals surface area contributed by atoms with E-state index in [2.05, 4.69) is 6.07 Å². The van der Waals surface area contributed by atoms with Gasteiger partial charge in [0.2, 0.25) is 5.91 Å². The van der Waals surface area contributed by atoms with Gasteiger partial charge in [0.05, 0.1) is 12.3 Å². The minimum absolute atomic E-state index is 0.0994. The molecule has 0 radical (unpaired) electrons. The summed E-state index contributed by atoms with van der Waals surface area (Å²) in [5, 5.41) is 12.2. The van der Waals surface area contributed by atoms with Gasteiger partial charge < -0.3 is 10.0 Å². The van der Waals surface area contributed by atoms with Crippen LogP contribution in [0.1, 0.15) is 18.4 Å². The van der Waals surface area contributed by atoms with Crippen LogP contribution in [0.4, 0.5) is 0 Å². The van der Waals surface area contributed by atoms with Gasteiger partial charge in [-0.2, -0.15) is 0 Å². The Morgan fingerprint density at radius 2 is 1.95 bits per heavy atom. The van der Waals surface area contributed by atoms with Crippen molar-refractivity contribution in [3.63, 3.8) is 0 Å². The van der Waals surface area contributed by atoms with E-state index in [9.17, 15) is 9.59 Å². The number of thiophene rings is 1. The maximum Gasteiger partial charge on any atom is 0.306 e. The smallest absolute Gasteiger partial charge is 0.306 e. The van der Waals surface area contributed by atoms with Crippen LogP contribution in [0.2, 0.25) is 0 Å². The van der Waals surface area contributed by atoms with Crippen LogP contribution in [0.25, 0.3) is 10.1 Å². The van der Waals surface area contributed by atoms with Crippen molar-refractivity contribution >= 4 is 33.3 Å². The molecule has 1 fully saturated rings. The predicted molar refractivity (Wildman–Crippen MR) is 82.5 cm³/mol. The number of benzene rings is 1. The molecular weight excluding hydrogens is 286 g/mol. The molecule has 1 amide bonds. The Labute approximate surface area is 127 Å². The summed E-state index contributed by atoms with van der Waals surface area (Å²) in [6, 6.07) is 8.10. The summed E-state index contributed by atoms with van der Waals surface area (Å²) in [7, 11) is 0. The first kappa shape index (κ1) is 14.1. The van der Waals surface area contributed by atoms with Crippen molar-refractivity contribution in [1.29, 1.82) is 0 Å². The van der Waals surface area contributed by atoms with E-state index < -0.39 is 5.97 Å². The summed E-state index contributed by atoms with van der Waals surface area (Å²) < 4.78 is 1.20. The predicted octanol–water partition coefficient (Wildman–Crippen LogP) is 2.77. The van der Waals surface area contributed by atoms with E-state index in [4.69, 9.17) is 5.11 Å². The van der Waals surface area contributed by atoms with Gasteiger partial charge in [-0.3, -0.25) is 9.59 Å². The Morgan fingerprint density at radius 1 is 1.24 bits per heavy atom. The van der Waals surface area contributed by atoms with Gasteiger partial charge in [-0.25, -0.2) is 0 Å². The molecule has 1 aliphatic rings. The molecule has 0 aliphatic carbocycles. The van der Waals surface area contributed by atoms with Crippen molar-refractivity contribution in [3.05, 3.63) is 35.2 Å². The lowest BCUT2D eigenvalue weighted by atomic mass is 9.96. The van der Waals surface area contributed by atoms with E-state index in [1.807, 2.05) is 23.6 Å². The van der Waals surface area contributed by atoms with Gasteiger partial charge in [0.15, 0.2) is 0 Å². The van der Waals surface area contributed by atoms with Crippen LogP contribution in [0.15, 0.2) is 29.6 Å². The lowest BCUT2D eigenvalue weighted by Crippen LogP contribution is -2.40. The zero-order chi connectivity index (χ0) is 14.8. The molecule has 2 heterocycles. The second-order valence-corrected chi connectivity index (χ2v) is 6.34. The van der Waals surface area contributed by atoms with Gasteiger partial charge in [-0.15, -0.1) is 11.3 Å². The third-order valence-electron chi connectivity index (χ3n) is 4.10. The van der Waals surface area contributed by atoms with Crippen LogP contribution < -0.4 is 0 Å². The molecule has 110 valence electrons. The van der Waals surface area contributed by atoms with Crippen LogP contribution in [0, 0.1) is 5.92 Å². The number of carbonyl (C=O) groups is 2. The van der Waals surface area contributed by atoms with Crippen molar-refractivity contribution in [2.24, 2.45) is 5.92 Å². The molecule has 1 N–H and O–H groups in total. The van der Waals surface area contributed by atoms with Crippen molar-refractivity contribution in [2.75, 3.05) is 13.1 Å². The lowest BCUT2D eigenvalue weighted by Gasteiger charge is -2.30. The van der Waals surface area contributed by atoms with Gasteiger partial charge in [0.25, 0.3) is 0 Å². The topological polar surface area (TPSA) is 57.6 Å². The Morgan fingerprint density at radius 3 is 2.67 bits per heavy atom. The van der Waals surface area contributed by atoms with Crippen LogP contribution in [-0.4, -0.2) is 35.0 Å². The average molecular weight is 303 g/mol. The number of carboxylic acids is 1. The van der Waals surface area contributed by atoms with Crippen molar-refractivity contribution in [1.82, 2.24) is 4.90 Å². The van der Waals surface area contributed by atoms with E-state index in [0.29, 0.717) is 32.4 Å². The second kappa shape index (κ2) is 5.85. The minimum atomic E-state index is -0.745. The molecule has 4 nitrogen and oxygen atoms in total. The van der Waals surface area contributed by atoms with Gasteiger partial charge in [-0.1, -0.05) is 18.2 Å². The third kappa shape index (κ3) is 2.93. The summed E-state index contributed by atoms with van der Waals surface area (Å²) in [6.45, 7) is 1.11. The molecule has 0 atom stereocenters. The first-order chi connectivity index (χ1) is 10.1.